The number of aromatic nitrogens is 2. The van der Waals surface area contributed by atoms with Crippen molar-refractivity contribution < 1.29 is 23.0 Å². The highest BCUT2D eigenvalue weighted by atomic mass is 19.1. The van der Waals surface area contributed by atoms with Crippen LogP contribution in [0.3, 0.4) is 0 Å². The number of halogens is 2. The minimum absolute atomic E-state index is 0.0345. The minimum atomic E-state index is -0.782. The first-order chi connectivity index (χ1) is 14.1. The predicted octanol–water partition coefficient (Wildman–Crippen LogP) is 2.18. The fraction of sp³-hybridized carbons (Fsp3) is 0.450. The van der Waals surface area contributed by atoms with Crippen molar-refractivity contribution in [3.63, 3.8) is 0 Å². The molecular weight excluding hydrogens is 382 g/mol. The van der Waals surface area contributed by atoms with E-state index in [1.165, 1.54) is 31.6 Å². The number of methoxy groups -OCH3 is 1. The summed E-state index contributed by atoms with van der Waals surface area (Å²) in [5.74, 6) is -2.14. The first kappa shape index (κ1) is 21.1. The van der Waals surface area contributed by atoms with Gasteiger partial charge in [-0.1, -0.05) is 0 Å². The quantitative estimate of drug-likeness (QED) is 0.654. The van der Waals surface area contributed by atoms with Crippen LogP contribution in [0.2, 0.25) is 0 Å². The number of hydrogen-bond donors (Lipinski definition) is 2. The highest BCUT2D eigenvalue weighted by molar-refractivity contribution is 5.90. The monoisotopic (exact) mass is 406 g/mol. The highest BCUT2D eigenvalue weighted by Gasteiger charge is 2.18. The minimum Gasteiger partial charge on any atom is -0.487 e. The van der Waals surface area contributed by atoms with Gasteiger partial charge in [0.2, 0.25) is 5.82 Å². The van der Waals surface area contributed by atoms with Gasteiger partial charge >= 0.3 is 0 Å². The summed E-state index contributed by atoms with van der Waals surface area (Å²) in [6.07, 6.45) is 4.54. The Kier molecular flexibility index (Phi) is 7.42. The van der Waals surface area contributed by atoms with Crippen LogP contribution in [0, 0.1) is 17.6 Å². The number of carbonyl (C=O) groups excluding carboxylic acids is 1. The van der Waals surface area contributed by atoms with Crippen LogP contribution in [-0.2, 0) is 4.74 Å². The van der Waals surface area contributed by atoms with E-state index in [1.54, 1.807) is 0 Å². The second-order valence-electron chi connectivity index (χ2n) is 6.82. The Morgan fingerprint density at radius 3 is 2.45 bits per heavy atom. The summed E-state index contributed by atoms with van der Waals surface area (Å²) in [6.45, 7) is 2.76. The molecular formula is C20H24F2N4O3. The molecule has 29 heavy (non-hydrogen) atoms. The SMILES string of the molecule is COCCNC(=O)c1ncc(-c2cc(F)c(OCC3CCNCC3)c(F)c2)cn1. The molecule has 1 aromatic heterocycles. The normalized spacial score (nSPS) is 14.6. The number of nitrogens with zero attached hydrogens (tertiary/aromatic N) is 2. The molecule has 1 saturated heterocycles. The average molecular weight is 406 g/mol. The van der Waals surface area contributed by atoms with Crippen LogP contribution in [0.15, 0.2) is 24.5 Å². The fourth-order valence-corrected chi connectivity index (χ4v) is 3.05. The zero-order valence-electron chi connectivity index (χ0n) is 16.2. The maximum Gasteiger partial charge on any atom is 0.289 e. The first-order valence-corrected chi connectivity index (χ1v) is 9.50. The lowest BCUT2D eigenvalue weighted by molar-refractivity contribution is 0.0926. The smallest absolute Gasteiger partial charge is 0.289 e. The van der Waals surface area contributed by atoms with E-state index < -0.39 is 17.5 Å². The molecule has 1 fully saturated rings. The van der Waals surface area contributed by atoms with Gasteiger partial charge in [-0.15, -0.1) is 0 Å². The molecule has 2 N–H and O–H groups in total. The maximum absolute atomic E-state index is 14.4. The molecule has 1 aromatic carbocycles. The number of nitrogens with one attached hydrogen (secondary N) is 2. The summed E-state index contributed by atoms with van der Waals surface area (Å²) in [7, 11) is 1.53. The van der Waals surface area contributed by atoms with Crippen LogP contribution in [0.4, 0.5) is 8.78 Å². The van der Waals surface area contributed by atoms with Gasteiger partial charge in [0, 0.05) is 31.6 Å². The lowest BCUT2D eigenvalue weighted by Gasteiger charge is -2.22. The molecule has 9 heteroatoms. The van der Waals surface area contributed by atoms with Crippen LogP contribution < -0.4 is 15.4 Å². The molecule has 1 amide bonds. The van der Waals surface area contributed by atoms with E-state index in [0.717, 1.165) is 25.9 Å². The van der Waals surface area contributed by atoms with Crippen LogP contribution in [0.5, 0.6) is 5.75 Å². The number of ether oxygens (including phenoxy) is 2. The molecule has 2 aromatic rings. The third-order valence-corrected chi connectivity index (χ3v) is 4.70. The van der Waals surface area contributed by atoms with E-state index in [-0.39, 0.29) is 29.7 Å². The van der Waals surface area contributed by atoms with Crippen molar-refractivity contribution >= 4 is 5.91 Å². The number of hydrogen-bond acceptors (Lipinski definition) is 6. The van der Waals surface area contributed by atoms with Gasteiger partial charge < -0.3 is 20.1 Å². The van der Waals surface area contributed by atoms with Gasteiger partial charge in [-0.2, -0.15) is 0 Å². The molecule has 2 heterocycles. The Bertz CT molecular complexity index is 804. The van der Waals surface area contributed by atoms with Gasteiger partial charge in [0.25, 0.3) is 5.91 Å². The van der Waals surface area contributed by atoms with E-state index in [0.29, 0.717) is 18.7 Å². The number of benzene rings is 1. The molecule has 0 unspecified atom stereocenters. The largest absolute Gasteiger partial charge is 0.487 e. The number of carbonyl (C=O) groups is 1. The van der Waals surface area contributed by atoms with Crippen LogP contribution >= 0.6 is 0 Å². The zero-order chi connectivity index (χ0) is 20.6. The second-order valence-corrected chi connectivity index (χ2v) is 6.82. The molecule has 0 radical (unpaired) electrons. The van der Waals surface area contributed by atoms with Crippen LogP contribution in [-0.4, -0.2) is 55.8 Å². The molecule has 1 aliphatic rings. The highest BCUT2D eigenvalue weighted by Crippen LogP contribution is 2.29. The fourth-order valence-electron chi connectivity index (χ4n) is 3.05. The van der Waals surface area contributed by atoms with E-state index in [4.69, 9.17) is 9.47 Å². The van der Waals surface area contributed by atoms with Gasteiger partial charge in [0.05, 0.1) is 13.2 Å². The topological polar surface area (TPSA) is 85.4 Å². The third-order valence-electron chi connectivity index (χ3n) is 4.70. The second kappa shape index (κ2) is 10.2. The van der Waals surface area contributed by atoms with Crippen molar-refractivity contribution in [3.8, 4) is 16.9 Å². The molecule has 0 saturated carbocycles. The summed E-state index contributed by atoms with van der Waals surface area (Å²) in [6, 6.07) is 2.36. The van der Waals surface area contributed by atoms with Crippen molar-refractivity contribution in [1.29, 1.82) is 0 Å². The number of rotatable bonds is 8. The van der Waals surface area contributed by atoms with E-state index in [1.807, 2.05) is 0 Å². The summed E-state index contributed by atoms with van der Waals surface area (Å²) in [4.78, 5) is 19.8. The van der Waals surface area contributed by atoms with Crippen molar-refractivity contribution in [2.24, 2.45) is 5.92 Å². The summed E-state index contributed by atoms with van der Waals surface area (Å²) < 4.78 is 39.1. The Balaban J connectivity index is 1.66. The van der Waals surface area contributed by atoms with Gasteiger partial charge in [-0.3, -0.25) is 4.79 Å². The molecule has 7 nitrogen and oxygen atoms in total. The van der Waals surface area contributed by atoms with Crippen molar-refractivity contribution in [3.05, 3.63) is 42.0 Å². The molecule has 0 atom stereocenters. The molecule has 156 valence electrons. The molecule has 0 spiro atoms. The van der Waals surface area contributed by atoms with E-state index >= 15 is 0 Å². The predicted molar refractivity (Wildman–Crippen MR) is 103 cm³/mol. The Labute approximate surface area is 167 Å². The molecule has 1 aliphatic heterocycles. The third kappa shape index (κ3) is 5.68. The van der Waals surface area contributed by atoms with Crippen molar-refractivity contribution in [2.75, 3.05) is 40.0 Å². The Morgan fingerprint density at radius 2 is 1.83 bits per heavy atom. The van der Waals surface area contributed by atoms with Crippen LogP contribution in [0.1, 0.15) is 23.5 Å². The van der Waals surface area contributed by atoms with Crippen molar-refractivity contribution in [2.45, 2.75) is 12.8 Å². The Hall–Kier alpha value is -2.65. The maximum atomic E-state index is 14.4. The summed E-state index contributed by atoms with van der Waals surface area (Å²) >= 11 is 0. The standard InChI is InChI=1S/C20H24F2N4O3/c1-28-7-6-24-20(27)19-25-10-15(11-26-19)14-8-16(21)18(17(22)9-14)29-12-13-2-4-23-5-3-13/h8-11,13,23H,2-7,12H2,1H3,(H,24,27). The first-order valence-electron chi connectivity index (χ1n) is 9.50. The van der Waals surface area contributed by atoms with E-state index in [2.05, 4.69) is 20.6 Å². The van der Waals surface area contributed by atoms with Gasteiger partial charge in [0.1, 0.15) is 0 Å². The summed E-state index contributed by atoms with van der Waals surface area (Å²) in [5, 5.41) is 5.84. The number of amides is 1. The summed E-state index contributed by atoms with van der Waals surface area (Å²) in [5.41, 5.74) is 0.654. The lowest BCUT2D eigenvalue weighted by atomic mass is 9.99. The zero-order valence-corrected chi connectivity index (χ0v) is 16.2. The van der Waals surface area contributed by atoms with E-state index in [9.17, 15) is 13.6 Å². The van der Waals surface area contributed by atoms with Crippen LogP contribution in [0.25, 0.3) is 11.1 Å². The molecule has 3 rings (SSSR count). The average Bonchev–Trinajstić information content (AvgIpc) is 2.74. The Morgan fingerprint density at radius 1 is 1.17 bits per heavy atom. The van der Waals surface area contributed by atoms with Gasteiger partial charge in [0.15, 0.2) is 17.4 Å². The lowest BCUT2D eigenvalue weighted by Crippen LogP contribution is -2.30. The van der Waals surface area contributed by atoms with Crippen molar-refractivity contribution in [1.82, 2.24) is 20.6 Å². The molecule has 0 bridgehead atoms. The van der Waals surface area contributed by atoms with Gasteiger partial charge in [-0.05, 0) is 49.5 Å². The molecule has 0 aliphatic carbocycles. The number of piperidine rings is 1. The van der Waals surface area contributed by atoms with Gasteiger partial charge in [-0.25, -0.2) is 18.7 Å².